The summed E-state index contributed by atoms with van der Waals surface area (Å²) in [4.78, 5) is 15.4. The van der Waals surface area contributed by atoms with Crippen LogP contribution in [0.4, 0.5) is 5.82 Å². The molecule has 0 saturated heterocycles. The summed E-state index contributed by atoms with van der Waals surface area (Å²) in [6.45, 7) is 4.38. The molecule has 0 saturated carbocycles. The highest BCUT2D eigenvalue weighted by Crippen LogP contribution is 1.98. The Labute approximate surface area is 89.7 Å². The van der Waals surface area contributed by atoms with Crippen LogP contribution in [0.2, 0.25) is 0 Å². The molecule has 1 rings (SSSR count). The van der Waals surface area contributed by atoms with E-state index in [4.69, 9.17) is 5.73 Å². The SMILES string of the molecule is CCCC(C)NC(=O)Cn1cnc(N)c1. The summed E-state index contributed by atoms with van der Waals surface area (Å²) >= 11 is 0. The Kier molecular flexibility index (Phi) is 4.15. The fourth-order valence-corrected chi connectivity index (χ4v) is 1.46. The van der Waals surface area contributed by atoms with Gasteiger partial charge >= 0.3 is 0 Å². The van der Waals surface area contributed by atoms with Gasteiger partial charge in [0.1, 0.15) is 12.4 Å². The number of nitrogen functional groups attached to an aromatic ring is 1. The molecule has 0 aliphatic carbocycles. The van der Waals surface area contributed by atoms with Gasteiger partial charge in [-0.3, -0.25) is 4.79 Å². The van der Waals surface area contributed by atoms with E-state index in [0.717, 1.165) is 12.8 Å². The van der Waals surface area contributed by atoms with Gasteiger partial charge in [-0.25, -0.2) is 4.98 Å². The number of carbonyl (C=O) groups excluding carboxylic acids is 1. The predicted octanol–water partition coefficient (Wildman–Crippen LogP) is 0.770. The molecular formula is C10H18N4O. The molecule has 15 heavy (non-hydrogen) atoms. The van der Waals surface area contributed by atoms with Crippen molar-refractivity contribution < 1.29 is 4.79 Å². The Morgan fingerprint density at radius 2 is 2.47 bits per heavy atom. The maximum Gasteiger partial charge on any atom is 0.240 e. The smallest absolute Gasteiger partial charge is 0.240 e. The summed E-state index contributed by atoms with van der Waals surface area (Å²) in [6.07, 6.45) is 5.26. The van der Waals surface area contributed by atoms with Crippen LogP contribution in [0.15, 0.2) is 12.5 Å². The monoisotopic (exact) mass is 210 g/mol. The van der Waals surface area contributed by atoms with Gasteiger partial charge < -0.3 is 15.6 Å². The number of amides is 1. The predicted molar refractivity (Wildman–Crippen MR) is 59.2 cm³/mol. The number of hydrogen-bond donors (Lipinski definition) is 2. The minimum atomic E-state index is -0.00616. The summed E-state index contributed by atoms with van der Waals surface area (Å²) in [6, 6.07) is 0.225. The molecule has 0 aliphatic heterocycles. The van der Waals surface area contributed by atoms with Gasteiger partial charge in [0.15, 0.2) is 0 Å². The van der Waals surface area contributed by atoms with Crippen LogP contribution in [0, 0.1) is 0 Å². The number of nitrogens with two attached hydrogens (primary N) is 1. The second-order valence-electron chi connectivity index (χ2n) is 3.73. The quantitative estimate of drug-likeness (QED) is 0.754. The normalized spacial score (nSPS) is 12.4. The van der Waals surface area contributed by atoms with Crippen LogP contribution in [0.5, 0.6) is 0 Å². The third-order valence-electron chi connectivity index (χ3n) is 2.11. The van der Waals surface area contributed by atoms with Gasteiger partial charge in [-0.1, -0.05) is 13.3 Å². The van der Waals surface area contributed by atoms with Crippen LogP contribution in [-0.4, -0.2) is 21.5 Å². The van der Waals surface area contributed by atoms with Gasteiger partial charge in [0, 0.05) is 12.2 Å². The molecule has 0 fully saturated rings. The molecule has 0 bridgehead atoms. The van der Waals surface area contributed by atoms with Crippen molar-refractivity contribution in [1.82, 2.24) is 14.9 Å². The largest absolute Gasteiger partial charge is 0.382 e. The maximum absolute atomic E-state index is 11.5. The van der Waals surface area contributed by atoms with E-state index in [1.165, 1.54) is 0 Å². The molecule has 0 radical (unpaired) electrons. The van der Waals surface area contributed by atoms with Crippen molar-refractivity contribution in [2.75, 3.05) is 5.73 Å². The fraction of sp³-hybridized carbons (Fsp3) is 0.600. The standard InChI is InChI=1S/C10H18N4O/c1-3-4-8(2)13-10(15)6-14-5-9(11)12-7-14/h5,7-8H,3-4,6,11H2,1-2H3,(H,13,15). The third kappa shape index (κ3) is 4.01. The summed E-state index contributed by atoms with van der Waals surface area (Å²) in [5.74, 6) is 0.428. The molecule has 0 aliphatic rings. The van der Waals surface area contributed by atoms with E-state index in [0.29, 0.717) is 5.82 Å². The molecule has 1 aromatic heterocycles. The minimum absolute atomic E-state index is 0.00616. The molecule has 0 spiro atoms. The molecule has 1 unspecified atom stereocenters. The van der Waals surface area contributed by atoms with E-state index in [-0.39, 0.29) is 18.5 Å². The molecule has 3 N–H and O–H groups in total. The highest BCUT2D eigenvalue weighted by atomic mass is 16.2. The van der Waals surface area contributed by atoms with Crippen molar-refractivity contribution in [1.29, 1.82) is 0 Å². The van der Waals surface area contributed by atoms with Crippen molar-refractivity contribution in [2.45, 2.75) is 39.3 Å². The summed E-state index contributed by atoms with van der Waals surface area (Å²) in [7, 11) is 0. The average molecular weight is 210 g/mol. The second-order valence-corrected chi connectivity index (χ2v) is 3.73. The van der Waals surface area contributed by atoms with Crippen LogP contribution < -0.4 is 11.1 Å². The summed E-state index contributed by atoms with van der Waals surface area (Å²) < 4.78 is 1.67. The third-order valence-corrected chi connectivity index (χ3v) is 2.11. The number of anilines is 1. The van der Waals surface area contributed by atoms with Gasteiger partial charge in [0.05, 0.1) is 6.33 Å². The van der Waals surface area contributed by atoms with Crippen LogP contribution in [0.25, 0.3) is 0 Å². The molecule has 1 aromatic rings. The van der Waals surface area contributed by atoms with Gasteiger partial charge in [0.2, 0.25) is 5.91 Å². The Balaban J connectivity index is 2.36. The van der Waals surface area contributed by atoms with Crippen molar-refractivity contribution in [3.05, 3.63) is 12.5 Å². The van der Waals surface area contributed by atoms with Crippen molar-refractivity contribution >= 4 is 11.7 Å². The Morgan fingerprint density at radius 3 is 3.00 bits per heavy atom. The number of nitrogens with zero attached hydrogens (tertiary/aromatic N) is 2. The van der Waals surface area contributed by atoms with Gasteiger partial charge in [0.25, 0.3) is 0 Å². The lowest BCUT2D eigenvalue weighted by atomic mass is 10.2. The molecule has 1 amide bonds. The van der Waals surface area contributed by atoms with E-state index in [1.54, 1.807) is 17.1 Å². The summed E-state index contributed by atoms with van der Waals surface area (Å²) in [5.41, 5.74) is 5.44. The topological polar surface area (TPSA) is 72.9 Å². The molecule has 0 aromatic carbocycles. The van der Waals surface area contributed by atoms with Crippen LogP contribution >= 0.6 is 0 Å². The first-order chi connectivity index (χ1) is 7.11. The number of hydrogen-bond acceptors (Lipinski definition) is 3. The van der Waals surface area contributed by atoms with E-state index >= 15 is 0 Å². The lowest BCUT2D eigenvalue weighted by molar-refractivity contribution is -0.122. The highest BCUT2D eigenvalue weighted by molar-refractivity contribution is 5.76. The van der Waals surface area contributed by atoms with Crippen molar-refractivity contribution in [3.8, 4) is 0 Å². The first-order valence-corrected chi connectivity index (χ1v) is 5.18. The molecule has 1 atom stereocenters. The Bertz CT molecular complexity index is 321. The van der Waals surface area contributed by atoms with Gasteiger partial charge in [-0.2, -0.15) is 0 Å². The first-order valence-electron chi connectivity index (χ1n) is 5.18. The number of aromatic nitrogens is 2. The molecule has 84 valence electrons. The van der Waals surface area contributed by atoms with Crippen LogP contribution in [0.3, 0.4) is 0 Å². The minimum Gasteiger partial charge on any atom is -0.382 e. The first kappa shape index (κ1) is 11.6. The fourth-order valence-electron chi connectivity index (χ4n) is 1.46. The van der Waals surface area contributed by atoms with Gasteiger partial charge in [-0.05, 0) is 13.3 Å². The lowest BCUT2D eigenvalue weighted by Crippen LogP contribution is -2.34. The number of imidazole rings is 1. The molecule has 5 heteroatoms. The number of rotatable bonds is 5. The maximum atomic E-state index is 11.5. The lowest BCUT2D eigenvalue weighted by Gasteiger charge is -2.12. The van der Waals surface area contributed by atoms with E-state index in [1.807, 2.05) is 6.92 Å². The Morgan fingerprint density at radius 1 is 1.73 bits per heavy atom. The zero-order valence-electron chi connectivity index (χ0n) is 9.23. The van der Waals surface area contributed by atoms with Crippen molar-refractivity contribution in [3.63, 3.8) is 0 Å². The van der Waals surface area contributed by atoms with Gasteiger partial charge in [-0.15, -0.1) is 0 Å². The van der Waals surface area contributed by atoms with E-state index in [9.17, 15) is 4.79 Å². The highest BCUT2D eigenvalue weighted by Gasteiger charge is 2.06. The zero-order valence-corrected chi connectivity index (χ0v) is 9.23. The van der Waals surface area contributed by atoms with E-state index in [2.05, 4.69) is 17.2 Å². The molecule has 5 nitrogen and oxygen atoms in total. The number of nitrogens with one attached hydrogen (secondary N) is 1. The van der Waals surface area contributed by atoms with Crippen LogP contribution in [-0.2, 0) is 11.3 Å². The second kappa shape index (κ2) is 5.38. The molecule has 1 heterocycles. The molecular weight excluding hydrogens is 192 g/mol. The Hall–Kier alpha value is -1.52. The van der Waals surface area contributed by atoms with Crippen LogP contribution in [0.1, 0.15) is 26.7 Å². The van der Waals surface area contributed by atoms with E-state index < -0.39 is 0 Å². The van der Waals surface area contributed by atoms with Crippen molar-refractivity contribution in [2.24, 2.45) is 0 Å². The average Bonchev–Trinajstić information content (AvgIpc) is 2.51. The number of carbonyl (C=O) groups is 1. The zero-order chi connectivity index (χ0) is 11.3. The summed E-state index contributed by atoms with van der Waals surface area (Å²) in [5, 5.41) is 2.91.